The van der Waals surface area contributed by atoms with Crippen LogP contribution in [0.25, 0.3) is 0 Å². The predicted octanol–water partition coefficient (Wildman–Crippen LogP) is 1.99. The van der Waals surface area contributed by atoms with Crippen LogP contribution in [0.1, 0.15) is 22.3 Å². The third-order valence-corrected chi connectivity index (χ3v) is 3.35. The van der Waals surface area contributed by atoms with Crippen molar-refractivity contribution < 1.29 is 4.79 Å². The second-order valence-electron chi connectivity index (χ2n) is 4.80. The number of aromatic nitrogens is 1. The number of amides is 1. The maximum Gasteiger partial charge on any atom is 0.257 e. The van der Waals surface area contributed by atoms with E-state index in [1.165, 1.54) is 23.9 Å². The molecule has 0 saturated heterocycles. The van der Waals surface area contributed by atoms with Gasteiger partial charge in [-0.25, -0.2) is 0 Å². The van der Waals surface area contributed by atoms with Crippen molar-refractivity contribution in [2.24, 2.45) is 0 Å². The second-order valence-corrected chi connectivity index (χ2v) is 4.80. The van der Waals surface area contributed by atoms with Crippen molar-refractivity contribution in [1.82, 2.24) is 4.98 Å². The molecule has 0 saturated carbocycles. The van der Waals surface area contributed by atoms with E-state index >= 15 is 0 Å². The molecule has 0 spiro atoms. The number of aromatic amines is 1. The van der Waals surface area contributed by atoms with Gasteiger partial charge in [-0.15, -0.1) is 0 Å². The molecule has 0 atom stereocenters. The van der Waals surface area contributed by atoms with E-state index in [9.17, 15) is 9.59 Å². The Bertz CT molecular complexity index is 686. The van der Waals surface area contributed by atoms with Crippen LogP contribution in [0.2, 0.25) is 0 Å². The SMILES string of the molecule is O=C(Nc1ccc2c(c1)CCCN2)c1ccc(=O)[nH]c1. The van der Waals surface area contributed by atoms with Crippen molar-refractivity contribution in [3.8, 4) is 0 Å². The zero-order valence-corrected chi connectivity index (χ0v) is 10.9. The molecule has 0 radical (unpaired) electrons. The van der Waals surface area contributed by atoms with Crippen molar-refractivity contribution in [3.05, 3.63) is 58.0 Å². The van der Waals surface area contributed by atoms with Crippen molar-refractivity contribution in [2.75, 3.05) is 17.2 Å². The summed E-state index contributed by atoms with van der Waals surface area (Å²) in [5.74, 6) is -0.232. The summed E-state index contributed by atoms with van der Waals surface area (Å²) in [5, 5.41) is 6.17. The Hall–Kier alpha value is -2.56. The van der Waals surface area contributed by atoms with Crippen LogP contribution in [0, 0.1) is 0 Å². The fourth-order valence-corrected chi connectivity index (χ4v) is 2.31. The highest BCUT2D eigenvalue weighted by Gasteiger charge is 2.11. The highest BCUT2D eigenvalue weighted by atomic mass is 16.1. The van der Waals surface area contributed by atoms with Crippen LogP contribution >= 0.6 is 0 Å². The zero-order valence-electron chi connectivity index (χ0n) is 10.9. The van der Waals surface area contributed by atoms with E-state index in [4.69, 9.17) is 0 Å². The number of anilines is 2. The van der Waals surface area contributed by atoms with Gasteiger partial charge in [-0.2, -0.15) is 0 Å². The molecule has 3 rings (SSSR count). The lowest BCUT2D eigenvalue weighted by molar-refractivity contribution is 0.102. The Morgan fingerprint density at radius 1 is 1.20 bits per heavy atom. The summed E-state index contributed by atoms with van der Waals surface area (Å²) in [4.78, 5) is 25.5. The lowest BCUT2D eigenvalue weighted by atomic mass is 10.0. The standard InChI is InChI=1S/C15H15N3O2/c19-14-6-3-11(9-17-14)15(20)18-12-4-5-13-10(8-12)2-1-7-16-13/h3-6,8-9,16H,1-2,7H2,(H,17,19)(H,18,20). The number of hydrogen-bond donors (Lipinski definition) is 3. The molecule has 2 heterocycles. The molecule has 0 aliphatic carbocycles. The van der Waals surface area contributed by atoms with E-state index < -0.39 is 0 Å². The third-order valence-electron chi connectivity index (χ3n) is 3.35. The summed E-state index contributed by atoms with van der Waals surface area (Å²) in [5.41, 5.74) is 3.33. The molecule has 2 aromatic rings. The molecular formula is C15H15N3O2. The van der Waals surface area contributed by atoms with Gasteiger partial charge in [0.05, 0.1) is 5.56 Å². The number of hydrogen-bond acceptors (Lipinski definition) is 3. The van der Waals surface area contributed by atoms with Crippen LogP contribution < -0.4 is 16.2 Å². The van der Waals surface area contributed by atoms with E-state index in [-0.39, 0.29) is 11.5 Å². The predicted molar refractivity (Wildman–Crippen MR) is 78.3 cm³/mol. The van der Waals surface area contributed by atoms with Gasteiger partial charge in [0.2, 0.25) is 5.56 Å². The number of H-pyrrole nitrogens is 1. The molecule has 102 valence electrons. The normalized spacial score (nSPS) is 13.2. The van der Waals surface area contributed by atoms with Crippen molar-refractivity contribution in [3.63, 3.8) is 0 Å². The van der Waals surface area contributed by atoms with Crippen LogP contribution in [-0.4, -0.2) is 17.4 Å². The second kappa shape index (κ2) is 5.21. The van der Waals surface area contributed by atoms with Gasteiger partial charge < -0.3 is 15.6 Å². The lowest BCUT2D eigenvalue weighted by Gasteiger charge is -2.18. The minimum absolute atomic E-state index is 0.221. The first-order chi connectivity index (χ1) is 9.72. The zero-order chi connectivity index (χ0) is 13.9. The quantitative estimate of drug-likeness (QED) is 0.780. The van der Waals surface area contributed by atoms with Gasteiger partial charge in [-0.05, 0) is 42.7 Å². The number of carbonyl (C=O) groups excluding carboxylic acids is 1. The molecule has 1 aliphatic rings. The Morgan fingerprint density at radius 3 is 2.90 bits per heavy atom. The molecule has 1 aromatic heterocycles. The van der Waals surface area contributed by atoms with Gasteiger partial charge in [0, 0.05) is 30.2 Å². The summed E-state index contributed by atoms with van der Waals surface area (Å²) < 4.78 is 0. The maximum absolute atomic E-state index is 12.0. The highest BCUT2D eigenvalue weighted by molar-refractivity contribution is 6.04. The fourth-order valence-electron chi connectivity index (χ4n) is 2.31. The minimum atomic E-state index is -0.232. The van der Waals surface area contributed by atoms with Gasteiger partial charge >= 0.3 is 0 Å². The summed E-state index contributed by atoms with van der Waals surface area (Å²) in [6.07, 6.45) is 3.53. The highest BCUT2D eigenvalue weighted by Crippen LogP contribution is 2.25. The van der Waals surface area contributed by atoms with E-state index in [1.807, 2.05) is 18.2 Å². The van der Waals surface area contributed by atoms with Gasteiger partial charge in [0.1, 0.15) is 0 Å². The first-order valence-electron chi connectivity index (χ1n) is 6.59. The van der Waals surface area contributed by atoms with Crippen molar-refractivity contribution >= 4 is 17.3 Å². The Morgan fingerprint density at radius 2 is 2.10 bits per heavy atom. The number of fused-ring (bicyclic) bond motifs is 1. The summed E-state index contributed by atoms with van der Waals surface area (Å²) in [6.45, 7) is 0.996. The Labute approximate surface area is 116 Å². The number of rotatable bonds is 2. The molecule has 1 amide bonds. The minimum Gasteiger partial charge on any atom is -0.385 e. The molecule has 0 bridgehead atoms. The Kier molecular flexibility index (Phi) is 3.25. The van der Waals surface area contributed by atoms with Crippen LogP contribution in [0.3, 0.4) is 0 Å². The topological polar surface area (TPSA) is 74.0 Å². The number of nitrogens with one attached hydrogen (secondary N) is 3. The molecule has 1 aromatic carbocycles. The monoisotopic (exact) mass is 269 g/mol. The molecule has 3 N–H and O–H groups in total. The number of carbonyl (C=O) groups is 1. The van der Waals surface area contributed by atoms with Crippen molar-refractivity contribution in [2.45, 2.75) is 12.8 Å². The fraction of sp³-hybridized carbons (Fsp3) is 0.200. The summed E-state index contributed by atoms with van der Waals surface area (Å²) in [7, 11) is 0. The molecular weight excluding hydrogens is 254 g/mol. The van der Waals surface area contributed by atoms with E-state index in [2.05, 4.69) is 15.6 Å². The average molecular weight is 269 g/mol. The molecule has 5 nitrogen and oxygen atoms in total. The van der Waals surface area contributed by atoms with Crippen LogP contribution in [0.5, 0.6) is 0 Å². The van der Waals surface area contributed by atoms with Crippen LogP contribution in [-0.2, 0) is 6.42 Å². The summed E-state index contributed by atoms with van der Waals surface area (Å²) in [6, 6.07) is 8.70. The molecule has 1 aliphatic heterocycles. The van der Waals surface area contributed by atoms with Gasteiger partial charge in [-0.1, -0.05) is 0 Å². The largest absolute Gasteiger partial charge is 0.385 e. The van der Waals surface area contributed by atoms with Gasteiger partial charge in [0.15, 0.2) is 0 Å². The van der Waals surface area contributed by atoms with E-state index in [1.54, 1.807) is 0 Å². The van der Waals surface area contributed by atoms with Gasteiger partial charge in [0.25, 0.3) is 5.91 Å². The van der Waals surface area contributed by atoms with Crippen LogP contribution in [0.15, 0.2) is 41.3 Å². The number of aryl methyl sites for hydroxylation is 1. The van der Waals surface area contributed by atoms with Gasteiger partial charge in [-0.3, -0.25) is 9.59 Å². The molecule has 5 heteroatoms. The first kappa shape index (κ1) is 12.5. The Balaban J connectivity index is 1.79. The summed E-state index contributed by atoms with van der Waals surface area (Å²) >= 11 is 0. The number of benzene rings is 1. The molecule has 0 unspecified atom stereocenters. The molecule has 20 heavy (non-hydrogen) atoms. The average Bonchev–Trinajstić information content (AvgIpc) is 2.48. The third kappa shape index (κ3) is 2.56. The van der Waals surface area contributed by atoms with Crippen LogP contribution in [0.4, 0.5) is 11.4 Å². The number of pyridine rings is 1. The van der Waals surface area contributed by atoms with E-state index in [0.717, 1.165) is 30.8 Å². The van der Waals surface area contributed by atoms with E-state index in [0.29, 0.717) is 5.56 Å². The van der Waals surface area contributed by atoms with Crippen molar-refractivity contribution in [1.29, 1.82) is 0 Å². The lowest BCUT2D eigenvalue weighted by Crippen LogP contribution is -2.16. The first-order valence-corrected chi connectivity index (χ1v) is 6.59. The smallest absolute Gasteiger partial charge is 0.257 e. The molecule has 0 fully saturated rings. The maximum atomic E-state index is 12.0.